The molecule has 2 aromatic rings. The summed E-state index contributed by atoms with van der Waals surface area (Å²) in [5.74, 6) is 0.756. The zero-order chi connectivity index (χ0) is 12.8. The summed E-state index contributed by atoms with van der Waals surface area (Å²) in [5.41, 5.74) is 1.62. The lowest BCUT2D eigenvalue weighted by Gasteiger charge is -2.10. The van der Waals surface area contributed by atoms with Crippen LogP contribution in [0.1, 0.15) is 0 Å². The Balaban J connectivity index is 2.23. The molecule has 2 rings (SSSR count). The van der Waals surface area contributed by atoms with E-state index in [1.807, 2.05) is 30.3 Å². The highest BCUT2D eigenvalue weighted by atomic mass is 35.5. The summed E-state index contributed by atoms with van der Waals surface area (Å²) < 4.78 is 10.6. The Morgan fingerprint density at radius 2 is 1.89 bits per heavy atom. The molecule has 0 aliphatic carbocycles. The molecule has 0 atom stereocenters. The number of hydrogen-bond acceptors (Lipinski definition) is 4. The van der Waals surface area contributed by atoms with Crippen LogP contribution in [0, 0.1) is 0 Å². The minimum Gasteiger partial charge on any atom is -0.490 e. The van der Waals surface area contributed by atoms with Crippen molar-refractivity contribution in [1.82, 2.24) is 10.2 Å². The average molecular weight is 265 g/mol. The maximum Gasteiger partial charge on any atom is 0.151 e. The Morgan fingerprint density at radius 1 is 1.06 bits per heavy atom. The van der Waals surface area contributed by atoms with Crippen LogP contribution in [0.4, 0.5) is 0 Å². The van der Waals surface area contributed by atoms with Gasteiger partial charge in [-0.2, -0.15) is 0 Å². The van der Waals surface area contributed by atoms with Crippen molar-refractivity contribution in [2.45, 2.75) is 0 Å². The van der Waals surface area contributed by atoms with Crippen LogP contribution in [0.15, 0.2) is 36.4 Å². The summed E-state index contributed by atoms with van der Waals surface area (Å²) in [7, 11) is 1.64. The van der Waals surface area contributed by atoms with Crippen molar-refractivity contribution in [2.24, 2.45) is 0 Å². The number of halogens is 1. The number of hydrogen-bond donors (Lipinski definition) is 0. The number of para-hydroxylation sites is 1. The van der Waals surface area contributed by atoms with Crippen molar-refractivity contribution in [1.29, 1.82) is 0 Å². The molecule has 0 aliphatic rings. The van der Waals surface area contributed by atoms with Crippen LogP contribution >= 0.6 is 11.6 Å². The first-order valence-electron chi connectivity index (χ1n) is 5.51. The molecule has 0 radical (unpaired) electrons. The van der Waals surface area contributed by atoms with E-state index in [-0.39, 0.29) is 0 Å². The van der Waals surface area contributed by atoms with Gasteiger partial charge in [-0.25, -0.2) is 0 Å². The summed E-state index contributed by atoms with van der Waals surface area (Å²) in [6.45, 7) is 1.04. The van der Waals surface area contributed by atoms with Crippen LogP contribution in [-0.4, -0.2) is 30.5 Å². The van der Waals surface area contributed by atoms with Crippen LogP contribution in [0.2, 0.25) is 5.15 Å². The van der Waals surface area contributed by atoms with E-state index >= 15 is 0 Å². The third kappa shape index (κ3) is 3.18. The second-order valence-electron chi connectivity index (χ2n) is 3.58. The Bertz CT molecular complexity index is 503. The van der Waals surface area contributed by atoms with Gasteiger partial charge < -0.3 is 9.47 Å². The van der Waals surface area contributed by atoms with E-state index in [1.54, 1.807) is 13.2 Å². The van der Waals surface area contributed by atoms with E-state index in [9.17, 15) is 0 Å². The summed E-state index contributed by atoms with van der Waals surface area (Å²) in [6, 6.07) is 11.2. The van der Waals surface area contributed by atoms with Gasteiger partial charge in [0.25, 0.3) is 0 Å². The van der Waals surface area contributed by atoms with Gasteiger partial charge in [0.1, 0.15) is 12.4 Å². The lowest BCUT2D eigenvalue weighted by Crippen LogP contribution is -2.05. The quantitative estimate of drug-likeness (QED) is 0.779. The zero-order valence-electron chi connectivity index (χ0n) is 9.97. The zero-order valence-corrected chi connectivity index (χ0v) is 10.7. The maximum absolute atomic E-state index is 5.72. The molecular formula is C13H13ClN2O2. The number of methoxy groups -OCH3 is 1. The van der Waals surface area contributed by atoms with Crippen molar-refractivity contribution in [3.63, 3.8) is 0 Å². The molecule has 0 bridgehead atoms. The van der Waals surface area contributed by atoms with Gasteiger partial charge in [0.2, 0.25) is 0 Å². The van der Waals surface area contributed by atoms with Crippen LogP contribution in [-0.2, 0) is 4.74 Å². The Hall–Kier alpha value is -1.65. The van der Waals surface area contributed by atoms with Crippen molar-refractivity contribution >= 4 is 11.6 Å². The van der Waals surface area contributed by atoms with Gasteiger partial charge in [-0.05, 0) is 24.3 Å². The fourth-order valence-electron chi connectivity index (χ4n) is 1.50. The smallest absolute Gasteiger partial charge is 0.151 e. The average Bonchev–Trinajstić information content (AvgIpc) is 2.41. The second kappa shape index (κ2) is 6.33. The predicted octanol–water partition coefficient (Wildman–Crippen LogP) is 2.82. The van der Waals surface area contributed by atoms with Crippen LogP contribution in [0.3, 0.4) is 0 Å². The molecule has 0 spiro atoms. The molecule has 94 valence electrons. The summed E-state index contributed by atoms with van der Waals surface area (Å²) in [6.07, 6.45) is 0. The van der Waals surface area contributed by atoms with Crippen molar-refractivity contribution in [2.75, 3.05) is 20.3 Å². The second-order valence-corrected chi connectivity index (χ2v) is 3.97. The number of benzene rings is 1. The van der Waals surface area contributed by atoms with Gasteiger partial charge in [-0.15, -0.1) is 10.2 Å². The lowest BCUT2D eigenvalue weighted by molar-refractivity contribution is 0.146. The summed E-state index contributed by atoms with van der Waals surface area (Å²) in [5, 5.41) is 8.24. The molecular weight excluding hydrogens is 252 g/mol. The molecule has 0 N–H and O–H groups in total. The first-order chi connectivity index (χ1) is 8.81. The van der Waals surface area contributed by atoms with E-state index in [2.05, 4.69) is 10.2 Å². The third-order valence-corrected chi connectivity index (χ3v) is 2.54. The molecule has 4 nitrogen and oxygen atoms in total. The molecule has 0 aliphatic heterocycles. The van der Waals surface area contributed by atoms with Crippen molar-refractivity contribution in [3.8, 4) is 17.0 Å². The molecule has 0 amide bonds. The Morgan fingerprint density at radius 3 is 2.61 bits per heavy atom. The molecule has 18 heavy (non-hydrogen) atoms. The standard InChI is InChI=1S/C13H13ClN2O2/c1-17-8-9-18-12-5-3-2-4-10(12)11-6-7-13(14)16-15-11/h2-7H,8-9H2,1H3. The predicted molar refractivity (Wildman–Crippen MR) is 69.8 cm³/mol. The van der Waals surface area contributed by atoms with Crippen LogP contribution < -0.4 is 4.74 Å². The van der Waals surface area contributed by atoms with Gasteiger partial charge in [0, 0.05) is 12.7 Å². The van der Waals surface area contributed by atoms with Gasteiger partial charge in [0.05, 0.1) is 12.3 Å². The minimum atomic E-state index is 0.372. The SMILES string of the molecule is COCCOc1ccccc1-c1ccc(Cl)nn1. The van der Waals surface area contributed by atoms with E-state index in [1.165, 1.54) is 0 Å². The highest BCUT2D eigenvalue weighted by molar-refractivity contribution is 6.29. The molecule has 0 saturated heterocycles. The molecule has 0 saturated carbocycles. The fourth-order valence-corrected chi connectivity index (χ4v) is 1.60. The Kier molecular flexibility index (Phi) is 4.50. The topological polar surface area (TPSA) is 44.2 Å². The van der Waals surface area contributed by atoms with Crippen molar-refractivity contribution < 1.29 is 9.47 Å². The van der Waals surface area contributed by atoms with Crippen LogP contribution in [0.5, 0.6) is 5.75 Å². The molecule has 1 aromatic carbocycles. The maximum atomic E-state index is 5.72. The number of ether oxygens (including phenoxy) is 2. The number of nitrogens with zero attached hydrogens (tertiary/aromatic N) is 2. The van der Waals surface area contributed by atoms with Gasteiger partial charge >= 0.3 is 0 Å². The first kappa shape index (κ1) is 12.8. The molecule has 5 heteroatoms. The van der Waals surface area contributed by atoms with E-state index in [4.69, 9.17) is 21.1 Å². The van der Waals surface area contributed by atoms with Gasteiger partial charge in [-0.3, -0.25) is 0 Å². The first-order valence-corrected chi connectivity index (χ1v) is 5.89. The van der Waals surface area contributed by atoms with Crippen molar-refractivity contribution in [3.05, 3.63) is 41.6 Å². The molecule has 0 fully saturated rings. The van der Waals surface area contributed by atoms with Gasteiger partial charge in [-0.1, -0.05) is 23.7 Å². The van der Waals surface area contributed by atoms with Crippen LogP contribution in [0.25, 0.3) is 11.3 Å². The summed E-state index contributed by atoms with van der Waals surface area (Å²) >= 11 is 5.72. The van der Waals surface area contributed by atoms with E-state index in [0.29, 0.717) is 18.4 Å². The Labute approximate surface area is 111 Å². The molecule has 0 unspecified atom stereocenters. The normalized spacial score (nSPS) is 10.3. The molecule has 1 aromatic heterocycles. The highest BCUT2D eigenvalue weighted by Gasteiger charge is 2.07. The third-order valence-electron chi connectivity index (χ3n) is 2.34. The lowest BCUT2D eigenvalue weighted by atomic mass is 10.1. The highest BCUT2D eigenvalue weighted by Crippen LogP contribution is 2.28. The van der Waals surface area contributed by atoms with E-state index in [0.717, 1.165) is 17.0 Å². The van der Waals surface area contributed by atoms with Gasteiger partial charge in [0.15, 0.2) is 5.15 Å². The fraction of sp³-hybridized carbons (Fsp3) is 0.231. The number of rotatable bonds is 5. The monoisotopic (exact) mass is 264 g/mol. The largest absolute Gasteiger partial charge is 0.490 e. The minimum absolute atomic E-state index is 0.372. The summed E-state index contributed by atoms with van der Waals surface area (Å²) in [4.78, 5) is 0. The van der Waals surface area contributed by atoms with E-state index < -0.39 is 0 Å². The number of aromatic nitrogens is 2. The molecule has 1 heterocycles.